The van der Waals surface area contributed by atoms with Crippen LogP contribution in [0.25, 0.3) is 11.2 Å². The van der Waals surface area contributed by atoms with E-state index in [0.29, 0.717) is 59.4 Å². The first-order chi connectivity index (χ1) is 18.9. The van der Waals surface area contributed by atoms with Crippen LogP contribution in [0.3, 0.4) is 0 Å². The van der Waals surface area contributed by atoms with Gasteiger partial charge >= 0.3 is 5.97 Å². The van der Waals surface area contributed by atoms with Gasteiger partial charge in [-0.05, 0) is 48.7 Å². The highest BCUT2D eigenvalue weighted by molar-refractivity contribution is 6.30. The number of rotatable bonds is 9. The van der Waals surface area contributed by atoms with E-state index in [1.807, 2.05) is 22.8 Å². The first-order valence-corrected chi connectivity index (χ1v) is 13.3. The lowest BCUT2D eigenvalue weighted by Crippen LogP contribution is -2.33. The number of hydrogen-bond donors (Lipinski definition) is 1. The van der Waals surface area contributed by atoms with E-state index in [2.05, 4.69) is 14.9 Å². The van der Waals surface area contributed by atoms with Gasteiger partial charge in [0.1, 0.15) is 23.3 Å². The number of aromatic nitrogens is 4. The second kappa shape index (κ2) is 10.9. The fourth-order valence-corrected chi connectivity index (χ4v) is 5.16. The Balaban J connectivity index is 1.13. The molecular formula is C28H27ClFN5O4. The van der Waals surface area contributed by atoms with Crippen molar-refractivity contribution in [1.82, 2.24) is 24.4 Å². The van der Waals surface area contributed by atoms with Crippen LogP contribution < -0.4 is 4.74 Å². The lowest BCUT2D eigenvalue weighted by atomic mass is 10.1. The fraction of sp³-hybridized carbons (Fsp3) is 0.357. The summed E-state index contributed by atoms with van der Waals surface area (Å²) in [5.41, 5.74) is 2.46. The molecule has 1 aromatic carbocycles. The number of ether oxygens (including phenoxy) is 2. The van der Waals surface area contributed by atoms with E-state index in [4.69, 9.17) is 26.1 Å². The van der Waals surface area contributed by atoms with Crippen molar-refractivity contribution in [1.29, 1.82) is 0 Å². The number of carboxylic acid groups (broad SMARTS) is 1. The minimum absolute atomic E-state index is 0.00658. The lowest BCUT2D eigenvalue weighted by Gasteiger charge is -2.27. The van der Waals surface area contributed by atoms with Gasteiger partial charge in [-0.2, -0.15) is 0 Å². The molecule has 0 saturated carbocycles. The zero-order valence-corrected chi connectivity index (χ0v) is 21.9. The van der Waals surface area contributed by atoms with Gasteiger partial charge in [0.15, 0.2) is 11.3 Å². The molecule has 2 aliphatic rings. The van der Waals surface area contributed by atoms with Crippen LogP contribution in [0.5, 0.6) is 5.88 Å². The summed E-state index contributed by atoms with van der Waals surface area (Å²) in [6.45, 7) is 3.40. The maximum absolute atomic E-state index is 14.2. The van der Waals surface area contributed by atoms with Gasteiger partial charge in [-0.25, -0.2) is 24.1 Å². The molecule has 9 nitrogen and oxygen atoms in total. The van der Waals surface area contributed by atoms with Crippen LogP contribution in [-0.2, 0) is 24.2 Å². The average molecular weight is 552 g/mol. The third-order valence-corrected chi connectivity index (χ3v) is 7.35. The Labute approximate surface area is 229 Å². The second-order valence-electron chi connectivity index (χ2n) is 9.91. The largest absolute Gasteiger partial charge is 0.477 e. The molecule has 0 radical (unpaired) electrons. The van der Waals surface area contributed by atoms with E-state index in [9.17, 15) is 14.3 Å². The third-order valence-electron chi connectivity index (χ3n) is 7.12. The molecule has 39 heavy (non-hydrogen) atoms. The molecule has 2 fully saturated rings. The highest BCUT2D eigenvalue weighted by Gasteiger charge is 2.28. The molecule has 5 heterocycles. The predicted octanol–water partition coefficient (Wildman–Crippen LogP) is 4.35. The molecule has 3 aromatic heterocycles. The fourth-order valence-electron chi connectivity index (χ4n) is 5.00. The summed E-state index contributed by atoms with van der Waals surface area (Å²) in [5.74, 6) is -0.0947. The van der Waals surface area contributed by atoms with Gasteiger partial charge in [-0.1, -0.05) is 23.7 Å². The van der Waals surface area contributed by atoms with E-state index in [1.165, 1.54) is 12.1 Å². The Kier molecular flexibility index (Phi) is 7.16. The van der Waals surface area contributed by atoms with E-state index < -0.39 is 5.97 Å². The zero-order valence-electron chi connectivity index (χ0n) is 21.1. The molecule has 0 amide bonds. The van der Waals surface area contributed by atoms with Crippen molar-refractivity contribution in [2.75, 3.05) is 19.7 Å². The summed E-state index contributed by atoms with van der Waals surface area (Å²) >= 11 is 5.87. The number of fused-ring (bicyclic) bond motifs is 1. The van der Waals surface area contributed by atoms with Crippen molar-refractivity contribution < 1.29 is 23.8 Å². The molecule has 4 aromatic rings. The topological polar surface area (TPSA) is 103 Å². The number of halogens is 2. The number of pyridine rings is 2. The van der Waals surface area contributed by atoms with Gasteiger partial charge in [-0.3, -0.25) is 4.90 Å². The molecule has 1 unspecified atom stereocenters. The van der Waals surface area contributed by atoms with Crippen molar-refractivity contribution in [3.05, 3.63) is 82.1 Å². The van der Waals surface area contributed by atoms with Gasteiger partial charge in [0.05, 0.1) is 19.2 Å². The van der Waals surface area contributed by atoms with Gasteiger partial charge in [0.2, 0.25) is 5.88 Å². The van der Waals surface area contributed by atoms with Gasteiger partial charge in [0, 0.05) is 42.9 Å². The maximum Gasteiger partial charge on any atom is 0.354 e. The summed E-state index contributed by atoms with van der Waals surface area (Å²) in [6, 6.07) is 13.4. The van der Waals surface area contributed by atoms with Crippen LogP contribution in [0.2, 0.25) is 5.02 Å². The number of likely N-dealkylation sites (tertiary alicyclic amines) is 1. The summed E-state index contributed by atoms with van der Waals surface area (Å²) < 4.78 is 28.1. The van der Waals surface area contributed by atoms with Crippen LogP contribution >= 0.6 is 11.6 Å². The normalized spacial score (nSPS) is 19.3. The van der Waals surface area contributed by atoms with E-state index in [1.54, 1.807) is 18.2 Å². The first-order valence-electron chi connectivity index (χ1n) is 12.9. The quantitative estimate of drug-likeness (QED) is 0.327. The highest BCUT2D eigenvalue weighted by atomic mass is 35.5. The summed E-state index contributed by atoms with van der Waals surface area (Å²) in [6.07, 6.45) is 2.14. The monoisotopic (exact) mass is 551 g/mol. The lowest BCUT2D eigenvalue weighted by molar-refractivity contribution is -0.0592. The van der Waals surface area contributed by atoms with Crippen molar-refractivity contribution in [3.63, 3.8) is 0 Å². The Morgan fingerprint density at radius 2 is 2.03 bits per heavy atom. The van der Waals surface area contributed by atoms with Crippen molar-refractivity contribution >= 4 is 28.7 Å². The Bertz CT molecular complexity index is 1530. The van der Waals surface area contributed by atoms with Crippen LogP contribution in [0.15, 0.2) is 48.5 Å². The zero-order chi connectivity index (χ0) is 26.9. The minimum atomic E-state index is -1.07. The van der Waals surface area contributed by atoms with Crippen molar-refractivity contribution in [2.45, 2.75) is 44.6 Å². The number of hydrogen-bond acceptors (Lipinski definition) is 7. The molecule has 11 heteroatoms. The van der Waals surface area contributed by atoms with Crippen LogP contribution in [0.4, 0.5) is 4.39 Å². The van der Waals surface area contributed by atoms with Gasteiger partial charge in [0.25, 0.3) is 0 Å². The Morgan fingerprint density at radius 3 is 2.79 bits per heavy atom. The number of carboxylic acids is 1. The smallest absolute Gasteiger partial charge is 0.354 e. The summed E-state index contributed by atoms with van der Waals surface area (Å²) in [4.78, 5) is 27.5. The number of nitrogens with zero attached hydrogens (tertiary/aromatic N) is 5. The molecule has 2 atom stereocenters. The predicted molar refractivity (Wildman–Crippen MR) is 142 cm³/mol. The molecule has 2 saturated heterocycles. The Hall–Kier alpha value is -3.60. The molecular weight excluding hydrogens is 525 g/mol. The molecule has 0 aliphatic carbocycles. The van der Waals surface area contributed by atoms with E-state index >= 15 is 0 Å². The van der Waals surface area contributed by atoms with Crippen LogP contribution in [0.1, 0.15) is 40.4 Å². The first kappa shape index (κ1) is 25.7. The highest BCUT2D eigenvalue weighted by Crippen LogP contribution is 2.24. The average Bonchev–Trinajstić information content (AvgIpc) is 3.46. The number of carbonyl (C=O) groups is 1. The number of imidazole rings is 1. The number of benzene rings is 1. The Morgan fingerprint density at radius 1 is 1.15 bits per heavy atom. The second-order valence-corrected chi connectivity index (χ2v) is 10.3. The van der Waals surface area contributed by atoms with Crippen LogP contribution in [0, 0.1) is 5.82 Å². The van der Waals surface area contributed by atoms with Gasteiger partial charge < -0.3 is 19.1 Å². The molecule has 2 aliphatic heterocycles. The molecule has 202 valence electrons. The number of aromatic carboxylic acids is 1. The third kappa shape index (κ3) is 5.73. The summed E-state index contributed by atoms with van der Waals surface area (Å²) in [5, 5.41) is 9.77. The SMILES string of the molecule is O=C(O)c1ccc2nc(CN3CCC(Oc4cccc(Cc5ccc(Cl)cc5F)n4)C3)n(C[C@@H]3CCO3)c2n1. The minimum Gasteiger partial charge on any atom is -0.477 e. The summed E-state index contributed by atoms with van der Waals surface area (Å²) in [7, 11) is 0. The van der Waals surface area contributed by atoms with Gasteiger partial charge in [-0.15, -0.1) is 0 Å². The molecule has 0 bridgehead atoms. The standard InChI is InChI=1S/C28H27ClFN5O4/c29-18-5-4-17(22(30)13-18)12-19-2-1-3-26(31-19)39-21-8-10-34(14-21)16-25-32-23-6-7-24(28(36)37)33-27(23)35(25)15-20-9-11-38-20/h1-7,13,20-21H,8-12,14-16H2,(H,36,37)/t20-,21?/m0/s1. The van der Waals surface area contributed by atoms with Crippen molar-refractivity contribution in [2.24, 2.45) is 0 Å². The van der Waals surface area contributed by atoms with Crippen molar-refractivity contribution in [3.8, 4) is 5.88 Å². The van der Waals surface area contributed by atoms with E-state index in [-0.39, 0.29) is 23.7 Å². The maximum atomic E-state index is 14.2. The molecule has 1 N–H and O–H groups in total. The van der Waals surface area contributed by atoms with E-state index in [0.717, 1.165) is 31.8 Å². The molecule has 6 rings (SSSR count). The van der Waals surface area contributed by atoms with Crippen LogP contribution in [-0.4, -0.2) is 67.4 Å². The molecule has 0 spiro atoms.